The van der Waals surface area contributed by atoms with Gasteiger partial charge in [-0.25, -0.2) is 0 Å². The number of hydrogen-bond donors (Lipinski definition) is 0. The lowest BCUT2D eigenvalue weighted by Gasteiger charge is -2.44. The van der Waals surface area contributed by atoms with Crippen LogP contribution >= 0.6 is 0 Å². The van der Waals surface area contributed by atoms with Gasteiger partial charge in [-0.15, -0.1) is 0 Å². The Bertz CT molecular complexity index is 961. The number of fused-ring (bicyclic) bond motifs is 2. The number of rotatable bonds is 1. The van der Waals surface area contributed by atoms with Crippen molar-refractivity contribution in [3.63, 3.8) is 0 Å². The first kappa shape index (κ1) is 16.4. The largest absolute Gasteiger partial charge is 0.463 e. The van der Waals surface area contributed by atoms with Crippen LogP contribution in [0.25, 0.3) is 6.08 Å². The van der Waals surface area contributed by atoms with Crippen molar-refractivity contribution in [2.45, 2.75) is 25.0 Å². The number of nitro groups is 1. The van der Waals surface area contributed by atoms with E-state index >= 15 is 0 Å². The second-order valence-electron chi connectivity index (χ2n) is 7.20. The number of para-hydroxylation sites is 1. The summed E-state index contributed by atoms with van der Waals surface area (Å²) in [5.41, 5.74) is 2.03. The molecule has 0 amide bonds. The number of nitro benzene ring substituents is 1. The molecule has 2 heterocycles. The molecule has 0 fully saturated rings. The summed E-state index contributed by atoms with van der Waals surface area (Å²) in [6, 6.07) is 13.0. The Kier molecular flexibility index (Phi) is 3.44. The van der Waals surface area contributed by atoms with E-state index in [0.717, 1.165) is 5.69 Å². The molecule has 0 saturated heterocycles. The number of hydrogen-bond acceptors (Lipinski definition) is 4. The molecule has 1 spiro atoms. The minimum atomic E-state index is -0.730. The molecule has 4 rings (SSSR count). The zero-order chi connectivity index (χ0) is 18.5. The lowest BCUT2D eigenvalue weighted by Crippen LogP contribution is -2.57. The summed E-state index contributed by atoms with van der Waals surface area (Å²) in [6.07, 6.45) is 7.75. The number of benzene rings is 2. The van der Waals surface area contributed by atoms with Gasteiger partial charge in [-0.2, -0.15) is 0 Å². The SMILES string of the molecule is CN1c2ccccc2C(C)(C)C12/C=C\C=C/c1cc([N+](=O)[O-])ccc1O2. The van der Waals surface area contributed by atoms with Crippen LogP contribution in [-0.4, -0.2) is 17.7 Å². The molecule has 1 unspecified atom stereocenters. The third-order valence-corrected chi connectivity index (χ3v) is 5.51. The minimum absolute atomic E-state index is 0.0536. The summed E-state index contributed by atoms with van der Waals surface area (Å²) in [5, 5.41) is 11.1. The van der Waals surface area contributed by atoms with Crippen molar-refractivity contribution in [3.05, 3.63) is 81.9 Å². The van der Waals surface area contributed by atoms with E-state index in [9.17, 15) is 10.1 Å². The Morgan fingerprint density at radius 3 is 2.62 bits per heavy atom. The fourth-order valence-electron chi connectivity index (χ4n) is 4.02. The van der Waals surface area contributed by atoms with Crippen LogP contribution in [0.1, 0.15) is 25.0 Å². The third-order valence-electron chi connectivity index (χ3n) is 5.51. The Morgan fingerprint density at radius 2 is 1.88 bits per heavy atom. The molecule has 0 radical (unpaired) electrons. The topological polar surface area (TPSA) is 55.6 Å². The predicted molar refractivity (Wildman–Crippen MR) is 103 cm³/mol. The second kappa shape index (κ2) is 5.46. The van der Waals surface area contributed by atoms with Gasteiger partial charge in [0.1, 0.15) is 5.75 Å². The van der Waals surface area contributed by atoms with Gasteiger partial charge in [-0.1, -0.05) is 36.4 Å². The van der Waals surface area contributed by atoms with E-state index < -0.39 is 5.72 Å². The van der Waals surface area contributed by atoms with Crippen LogP contribution in [0.2, 0.25) is 0 Å². The molecule has 2 aliphatic rings. The molecule has 0 saturated carbocycles. The fourth-order valence-corrected chi connectivity index (χ4v) is 4.02. The summed E-state index contributed by atoms with van der Waals surface area (Å²) in [4.78, 5) is 12.9. The molecular formula is C21H20N2O3. The van der Waals surface area contributed by atoms with Crippen molar-refractivity contribution in [2.24, 2.45) is 0 Å². The number of ether oxygens (including phenoxy) is 1. The molecule has 26 heavy (non-hydrogen) atoms. The van der Waals surface area contributed by atoms with Crippen molar-refractivity contribution >= 4 is 17.5 Å². The quantitative estimate of drug-likeness (QED) is 0.555. The van der Waals surface area contributed by atoms with E-state index in [4.69, 9.17) is 4.74 Å². The number of allylic oxidation sites excluding steroid dienone is 2. The summed E-state index contributed by atoms with van der Waals surface area (Å²) in [7, 11) is 2.02. The summed E-state index contributed by atoms with van der Waals surface area (Å²) >= 11 is 0. The van der Waals surface area contributed by atoms with Gasteiger partial charge in [0.25, 0.3) is 5.69 Å². The first-order chi connectivity index (χ1) is 12.4. The van der Waals surface area contributed by atoms with Crippen molar-refractivity contribution in [3.8, 4) is 5.75 Å². The molecular weight excluding hydrogens is 328 g/mol. The van der Waals surface area contributed by atoms with Crippen LogP contribution in [0, 0.1) is 10.1 Å². The molecule has 5 heteroatoms. The zero-order valence-corrected chi connectivity index (χ0v) is 15.0. The van der Waals surface area contributed by atoms with Crippen LogP contribution < -0.4 is 9.64 Å². The highest BCUT2D eigenvalue weighted by Gasteiger charge is 2.56. The number of nitrogens with zero attached hydrogens (tertiary/aromatic N) is 2. The number of likely N-dealkylation sites (N-methyl/N-ethyl adjacent to an activating group) is 1. The van der Waals surface area contributed by atoms with Gasteiger partial charge in [0.05, 0.1) is 10.3 Å². The van der Waals surface area contributed by atoms with E-state index in [1.807, 2.05) is 37.4 Å². The zero-order valence-electron chi connectivity index (χ0n) is 15.0. The number of non-ortho nitro benzene ring substituents is 1. The van der Waals surface area contributed by atoms with Gasteiger partial charge in [0.2, 0.25) is 5.72 Å². The lowest BCUT2D eigenvalue weighted by atomic mass is 9.77. The maximum atomic E-state index is 11.1. The van der Waals surface area contributed by atoms with Crippen LogP contribution in [-0.2, 0) is 5.41 Å². The monoisotopic (exact) mass is 348 g/mol. The molecule has 5 nitrogen and oxygen atoms in total. The van der Waals surface area contributed by atoms with E-state index in [1.165, 1.54) is 11.6 Å². The van der Waals surface area contributed by atoms with E-state index in [1.54, 1.807) is 12.1 Å². The summed E-state index contributed by atoms with van der Waals surface area (Å²) in [5.74, 6) is 0.629. The van der Waals surface area contributed by atoms with Crippen LogP contribution in [0.15, 0.2) is 60.7 Å². The van der Waals surface area contributed by atoms with Gasteiger partial charge in [0.15, 0.2) is 0 Å². The highest BCUT2D eigenvalue weighted by molar-refractivity contribution is 5.69. The Hall–Kier alpha value is -3.08. The molecule has 0 N–H and O–H groups in total. The van der Waals surface area contributed by atoms with E-state index in [0.29, 0.717) is 11.3 Å². The van der Waals surface area contributed by atoms with Crippen LogP contribution in [0.5, 0.6) is 5.75 Å². The predicted octanol–water partition coefficient (Wildman–Crippen LogP) is 4.68. The first-order valence-electron chi connectivity index (χ1n) is 8.53. The first-order valence-corrected chi connectivity index (χ1v) is 8.53. The third kappa shape index (κ3) is 2.10. The molecule has 2 aromatic rings. The lowest BCUT2D eigenvalue weighted by molar-refractivity contribution is -0.384. The standard InChI is InChI=1S/C21H20N2O3/c1-20(2)17-9-4-5-10-18(17)22(3)21(20)13-7-6-8-15-14-16(23(24)25)11-12-19(15)26-21/h4-14H,1-3H3/b8-6-,13-7-. The molecule has 2 aliphatic heterocycles. The van der Waals surface area contributed by atoms with Gasteiger partial charge in [-0.05, 0) is 37.6 Å². The van der Waals surface area contributed by atoms with Gasteiger partial charge in [0, 0.05) is 30.4 Å². The van der Waals surface area contributed by atoms with Gasteiger partial charge in [-0.3, -0.25) is 10.1 Å². The van der Waals surface area contributed by atoms with Crippen molar-refractivity contribution < 1.29 is 9.66 Å². The molecule has 1 atom stereocenters. The maximum Gasteiger partial charge on any atom is 0.270 e. The van der Waals surface area contributed by atoms with E-state index in [2.05, 4.69) is 37.0 Å². The van der Waals surface area contributed by atoms with Crippen LogP contribution in [0.3, 0.4) is 0 Å². The molecule has 132 valence electrons. The van der Waals surface area contributed by atoms with Gasteiger partial charge < -0.3 is 9.64 Å². The van der Waals surface area contributed by atoms with Crippen molar-refractivity contribution in [2.75, 3.05) is 11.9 Å². The Morgan fingerprint density at radius 1 is 1.12 bits per heavy atom. The maximum absolute atomic E-state index is 11.1. The highest BCUT2D eigenvalue weighted by Crippen LogP contribution is 2.53. The number of anilines is 1. The average molecular weight is 348 g/mol. The van der Waals surface area contributed by atoms with E-state index in [-0.39, 0.29) is 16.0 Å². The van der Waals surface area contributed by atoms with Gasteiger partial charge >= 0.3 is 0 Å². The minimum Gasteiger partial charge on any atom is -0.463 e. The Balaban J connectivity index is 1.89. The molecule has 0 bridgehead atoms. The normalized spacial score (nSPS) is 24.8. The molecule has 0 aliphatic carbocycles. The summed E-state index contributed by atoms with van der Waals surface area (Å²) in [6.45, 7) is 4.33. The smallest absolute Gasteiger partial charge is 0.270 e. The molecule has 2 aromatic carbocycles. The summed E-state index contributed by atoms with van der Waals surface area (Å²) < 4.78 is 6.60. The Labute approximate surface area is 152 Å². The van der Waals surface area contributed by atoms with Crippen molar-refractivity contribution in [1.29, 1.82) is 0 Å². The average Bonchev–Trinajstić information content (AvgIpc) is 2.76. The second-order valence-corrected chi connectivity index (χ2v) is 7.20. The van der Waals surface area contributed by atoms with Crippen molar-refractivity contribution in [1.82, 2.24) is 0 Å². The fraction of sp³-hybridized carbons (Fsp3) is 0.238. The van der Waals surface area contributed by atoms with Crippen LogP contribution in [0.4, 0.5) is 11.4 Å². The molecule has 0 aromatic heterocycles. The highest BCUT2D eigenvalue weighted by atomic mass is 16.6.